The van der Waals surface area contributed by atoms with Crippen LogP contribution in [0.15, 0.2) is 0 Å². The van der Waals surface area contributed by atoms with Gasteiger partial charge < -0.3 is 11.5 Å². The maximum absolute atomic E-state index is 5.46. The Morgan fingerprint density at radius 2 is 1.78 bits per heavy atom. The molecule has 0 saturated carbocycles. The van der Waals surface area contributed by atoms with Gasteiger partial charge in [-0.3, -0.25) is 0 Å². The molecule has 0 radical (unpaired) electrons. The summed E-state index contributed by atoms with van der Waals surface area (Å²) >= 11 is 0. The average Bonchev–Trinajstić information content (AvgIpc) is 1.93. The van der Waals surface area contributed by atoms with Crippen LogP contribution in [-0.2, 0) is 0 Å². The minimum Gasteiger partial charge on any atom is -0.329 e. The molecular weight excluding hydrogens is 112 g/mol. The van der Waals surface area contributed by atoms with Crippen molar-refractivity contribution in [1.82, 2.24) is 0 Å². The molecule has 0 aliphatic heterocycles. The second kappa shape index (κ2) is 10.8. The molecule has 0 rings (SSSR count). The van der Waals surface area contributed by atoms with Gasteiger partial charge in [0, 0.05) is 12.6 Å². The van der Waals surface area contributed by atoms with Crippen LogP contribution in [0.2, 0.25) is 0 Å². The van der Waals surface area contributed by atoms with Crippen molar-refractivity contribution >= 4 is 0 Å². The Balaban J connectivity index is 0. The van der Waals surface area contributed by atoms with Crippen molar-refractivity contribution < 1.29 is 0 Å². The van der Waals surface area contributed by atoms with E-state index in [1.807, 2.05) is 13.8 Å². The summed E-state index contributed by atoms with van der Waals surface area (Å²) in [5.74, 6) is 0. The van der Waals surface area contributed by atoms with Crippen LogP contribution in [0.5, 0.6) is 0 Å². The lowest BCUT2D eigenvalue weighted by Gasteiger charge is -2.03. The Labute approximate surface area is 58.6 Å². The summed E-state index contributed by atoms with van der Waals surface area (Å²) in [5, 5.41) is 0. The summed E-state index contributed by atoms with van der Waals surface area (Å²) < 4.78 is 0. The van der Waals surface area contributed by atoms with E-state index >= 15 is 0 Å². The van der Waals surface area contributed by atoms with Crippen LogP contribution < -0.4 is 11.5 Å². The summed E-state index contributed by atoms with van der Waals surface area (Å²) in [7, 11) is 0. The van der Waals surface area contributed by atoms with E-state index in [1.54, 1.807) is 0 Å². The molecule has 1 atom stereocenters. The van der Waals surface area contributed by atoms with E-state index in [-0.39, 0.29) is 6.04 Å². The predicted molar refractivity (Wildman–Crippen MR) is 43.3 cm³/mol. The molecule has 4 N–H and O–H groups in total. The molecule has 2 heteroatoms. The Hall–Kier alpha value is -0.0800. The van der Waals surface area contributed by atoms with E-state index in [2.05, 4.69) is 6.92 Å². The molecule has 9 heavy (non-hydrogen) atoms. The van der Waals surface area contributed by atoms with Crippen LogP contribution in [0, 0.1) is 0 Å². The smallest absolute Gasteiger partial charge is 0.0162 e. The standard InChI is InChI=1S/C5H14N2.C2H6/c1-2-3-5(7)4-6;1-2/h5H,2-4,6-7H2,1H3;1-2H3. The third kappa shape index (κ3) is 11.5. The van der Waals surface area contributed by atoms with E-state index in [9.17, 15) is 0 Å². The van der Waals surface area contributed by atoms with E-state index in [1.165, 1.54) is 0 Å². The monoisotopic (exact) mass is 132 g/mol. The molecule has 0 saturated heterocycles. The Morgan fingerprint density at radius 3 is 1.89 bits per heavy atom. The van der Waals surface area contributed by atoms with Gasteiger partial charge in [0.05, 0.1) is 0 Å². The van der Waals surface area contributed by atoms with Crippen molar-refractivity contribution in [1.29, 1.82) is 0 Å². The van der Waals surface area contributed by atoms with E-state index in [0.29, 0.717) is 6.54 Å². The Morgan fingerprint density at radius 1 is 1.33 bits per heavy atom. The third-order valence-electron chi connectivity index (χ3n) is 0.962. The lowest BCUT2D eigenvalue weighted by atomic mass is 10.2. The fourth-order valence-corrected chi connectivity index (χ4v) is 0.489. The van der Waals surface area contributed by atoms with E-state index in [4.69, 9.17) is 11.5 Å². The molecule has 0 spiro atoms. The van der Waals surface area contributed by atoms with Crippen molar-refractivity contribution in [2.24, 2.45) is 11.5 Å². The molecule has 0 aliphatic rings. The third-order valence-corrected chi connectivity index (χ3v) is 0.962. The lowest BCUT2D eigenvalue weighted by Crippen LogP contribution is -2.28. The van der Waals surface area contributed by atoms with Crippen molar-refractivity contribution in [3.05, 3.63) is 0 Å². The molecular formula is C7H20N2. The van der Waals surface area contributed by atoms with E-state index in [0.717, 1.165) is 12.8 Å². The normalized spacial score (nSPS) is 11.7. The van der Waals surface area contributed by atoms with Crippen molar-refractivity contribution in [2.45, 2.75) is 39.7 Å². The van der Waals surface area contributed by atoms with Gasteiger partial charge in [-0.05, 0) is 6.42 Å². The van der Waals surface area contributed by atoms with Crippen molar-refractivity contribution in [3.63, 3.8) is 0 Å². The van der Waals surface area contributed by atoms with Gasteiger partial charge in [-0.25, -0.2) is 0 Å². The Bertz CT molecular complexity index is 37.9. The highest BCUT2D eigenvalue weighted by atomic mass is 14.7. The molecule has 0 bridgehead atoms. The number of nitrogens with two attached hydrogens (primary N) is 2. The van der Waals surface area contributed by atoms with Gasteiger partial charge in [0.15, 0.2) is 0 Å². The summed E-state index contributed by atoms with van der Waals surface area (Å²) in [5.41, 5.74) is 10.7. The predicted octanol–water partition coefficient (Wildman–Crippen LogP) is 1.10. The minimum atomic E-state index is 0.227. The highest BCUT2D eigenvalue weighted by Gasteiger charge is 1.93. The highest BCUT2D eigenvalue weighted by Crippen LogP contribution is 1.88. The first-order valence-corrected chi connectivity index (χ1v) is 3.77. The highest BCUT2D eigenvalue weighted by molar-refractivity contribution is 4.58. The number of hydrogen-bond donors (Lipinski definition) is 2. The molecule has 0 aromatic carbocycles. The molecule has 1 unspecified atom stereocenters. The van der Waals surface area contributed by atoms with Gasteiger partial charge in [0.1, 0.15) is 0 Å². The molecule has 0 heterocycles. The number of rotatable bonds is 3. The minimum absolute atomic E-state index is 0.227. The maximum Gasteiger partial charge on any atom is 0.0162 e. The summed E-state index contributed by atoms with van der Waals surface area (Å²) in [6.45, 7) is 6.73. The molecule has 0 aliphatic carbocycles. The quantitative estimate of drug-likeness (QED) is 0.604. The maximum atomic E-state index is 5.46. The van der Waals surface area contributed by atoms with Gasteiger partial charge in [0.2, 0.25) is 0 Å². The zero-order valence-corrected chi connectivity index (χ0v) is 6.85. The lowest BCUT2D eigenvalue weighted by molar-refractivity contribution is 0.612. The van der Waals surface area contributed by atoms with Crippen LogP contribution >= 0.6 is 0 Å². The topological polar surface area (TPSA) is 52.0 Å². The van der Waals surface area contributed by atoms with Crippen LogP contribution in [-0.4, -0.2) is 12.6 Å². The van der Waals surface area contributed by atoms with Gasteiger partial charge in [-0.1, -0.05) is 27.2 Å². The summed E-state index contributed by atoms with van der Waals surface area (Å²) in [6, 6.07) is 0.227. The zero-order chi connectivity index (χ0) is 7.70. The first-order valence-electron chi connectivity index (χ1n) is 3.77. The van der Waals surface area contributed by atoms with Gasteiger partial charge in [-0.15, -0.1) is 0 Å². The van der Waals surface area contributed by atoms with Gasteiger partial charge in [0.25, 0.3) is 0 Å². The molecule has 0 fully saturated rings. The second-order valence-electron chi connectivity index (χ2n) is 1.78. The average molecular weight is 132 g/mol. The molecule has 0 aromatic rings. The Kier molecular flexibility index (Phi) is 14.0. The molecule has 2 nitrogen and oxygen atoms in total. The summed E-state index contributed by atoms with van der Waals surface area (Å²) in [4.78, 5) is 0. The molecule has 0 amide bonds. The zero-order valence-electron chi connectivity index (χ0n) is 6.85. The fourth-order valence-electron chi connectivity index (χ4n) is 0.489. The summed E-state index contributed by atoms with van der Waals surface area (Å²) in [6.07, 6.45) is 2.19. The van der Waals surface area contributed by atoms with Crippen LogP contribution in [0.25, 0.3) is 0 Å². The second-order valence-corrected chi connectivity index (χ2v) is 1.78. The largest absolute Gasteiger partial charge is 0.329 e. The van der Waals surface area contributed by atoms with Crippen LogP contribution in [0.1, 0.15) is 33.6 Å². The fraction of sp³-hybridized carbons (Fsp3) is 1.00. The first kappa shape index (κ1) is 11.7. The van der Waals surface area contributed by atoms with E-state index < -0.39 is 0 Å². The van der Waals surface area contributed by atoms with Crippen LogP contribution in [0.3, 0.4) is 0 Å². The van der Waals surface area contributed by atoms with Gasteiger partial charge >= 0.3 is 0 Å². The van der Waals surface area contributed by atoms with Crippen LogP contribution in [0.4, 0.5) is 0 Å². The molecule has 58 valence electrons. The van der Waals surface area contributed by atoms with Crippen molar-refractivity contribution in [2.75, 3.05) is 6.54 Å². The molecule has 0 aromatic heterocycles. The SMILES string of the molecule is CC.CCCC(N)CN. The van der Waals surface area contributed by atoms with Crippen molar-refractivity contribution in [3.8, 4) is 0 Å². The first-order chi connectivity index (χ1) is 4.31. The van der Waals surface area contributed by atoms with Gasteiger partial charge in [-0.2, -0.15) is 0 Å². The number of hydrogen-bond acceptors (Lipinski definition) is 2.